The van der Waals surface area contributed by atoms with Crippen molar-refractivity contribution < 1.29 is 32.3 Å². The molecule has 32 heavy (non-hydrogen) atoms. The molecule has 0 atom stereocenters. The number of hydrogen-bond acceptors (Lipinski definition) is 7. The van der Waals surface area contributed by atoms with Crippen LogP contribution in [0.4, 0.5) is 0 Å². The van der Waals surface area contributed by atoms with E-state index in [0.717, 1.165) is 11.0 Å². The number of aromatic amines is 1. The fraction of sp³-hybridized carbons (Fsp3) is 0.318. The van der Waals surface area contributed by atoms with Gasteiger partial charge in [0.2, 0.25) is 15.8 Å². The van der Waals surface area contributed by atoms with E-state index in [4.69, 9.17) is 9.47 Å². The topological polar surface area (TPSA) is 132 Å². The number of nitrogens with one attached hydrogen (secondary N) is 2. The molecule has 2 rings (SSSR count). The van der Waals surface area contributed by atoms with Crippen LogP contribution in [0.25, 0.3) is 6.08 Å². The Labute approximate surface area is 186 Å². The molecule has 172 valence electrons. The molecule has 0 bridgehead atoms. The third-order valence-corrected chi connectivity index (χ3v) is 5.47. The summed E-state index contributed by atoms with van der Waals surface area (Å²) in [4.78, 5) is 39.5. The molecule has 10 heteroatoms. The lowest BCUT2D eigenvalue weighted by Gasteiger charge is -2.07. The van der Waals surface area contributed by atoms with Gasteiger partial charge in [-0.2, -0.15) is 0 Å². The van der Waals surface area contributed by atoms with E-state index in [2.05, 4.69) is 9.71 Å². The Bertz CT molecular complexity index is 1130. The van der Waals surface area contributed by atoms with Crippen LogP contribution in [0.5, 0.6) is 0 Å². The van der Waals surface area contributed by atoms with Gasteiger partial charge >= 0.3 is 11.9 Å². The summed E-state index contributed by atoms with van der Waals surface area (Å²) < 4.78 is 36.0. The van der Waals surface area contributed by atoms with Crippen LogP contribution in [0.3, 0.4) is 0 Å². The van der Waals surface area contributed by atoms with Crippen LogP contribution in [0.1, 0.15) is 50.2 Å². The number of ether oxygens (including phenoxy) is 2. The van der Waals surface area contributed by atoms with Crippen molar-refractivity contribution in [2.24, 2.45) is 0 Å². The van der Waals surface area contributed by atoms with Crippen molar-refractivity contribution in [2.75, 3.05) is 19.8 Å². The average Bonchev–Trinajstić information content (AvgIpc) is 3.04. The van der Waals surface area contributed by atoms with Gasteiger partial charge in [0.1, 0.15) is 6.54 Å². The van der Waals surface area contributed by atoms with Crippen molar-refractivity contribution in [2.45, 2.75) is 27.7 Å². The van der Waals surface area contributed by atoms with Crippen molar-refractivity contribution >= 4 is 33.8 Å². The molecule has 9 nitrogen and oxygen atoms in total. The molecule has 0 fully saturated rings. The fourth-order valence-corrected chi connectivity index (χ4v) is 3.66. The molecule has 0 aliphatic carbocycles. The van der Waals surface area contributed by atoms with Gasteiger partial charge in [-0.1, -0.05) is 29.8 Å². The molecule has 0 unspecified atom stereocenters. The summed E-state index contributed by atoms with van der Waals surface area (Å²) in [6, 6.07) is 7.21. The molecule has 0 aliphatic heterocycles. The van der Waals surface area contributed by atoms with Crippen molar-refractivity contribution in [3.8, 4) is 0 Å². The number of H-pyrrole nitrogens is 1. The summed E-state index contributed by atoms with van der Waals surface area (Å²) >= 11 is 0. The summed E-state index contributed by atoms with van der Waals surface area (Å²) in [5.41, 5.74) is 2.79. The minimum absolute atomic E-state index is 0.0790. The number of rotatable bonds is 10. The Kier molecular flexibility index (Phi) is 8.50. The third-order valence-electron chi connectivity index (χ3n) is 4.43. The monoisotopic (exact) mass is 462 g/mol. The van der Waals surface area contributed by atoms with E-state index in [1.807, 2.05) is 19.1 Å². The fourth-order valence-electron chi connectivity index (χ4n) is 2.91. The number of hydrogen-bond donors (Lipinski definition) is 2. The largest absolute Gasteiger partial charge is 0.462 e. The maximum atomic E-state index is 12.5. The Morgan fingerprint density at radius 3 is 2.25 bits per heavy atom. The van der Waals surface area contributed by atoms with Gasteiger partial charge in [0, 0.05) is 16.8 Å². The molecule has 0 spiro atoms. The van der Waals surface area contributed by atoms with E-state index >= 15 is 0 Å². The van der Waals surface area contributed by atoms with Crippen molar-refractivity contribution in [1.29, 1.82) is 0 Å². The second kappa shape index (κ2) is 10.9. The third kappa shape index (κ3) is 6.89. The first-order valence-corrected chi connectivity index (χ1v) is 11.4. The lowest BCUT2D eigenvalue weighted by molar-refractivity contribution is -0.141. The quantitative estimate of drug-likeness (QED) is 0.409. The highest BCUT2D eigenvalue weighted by atomic mass is 32.2. The molecule has 1 heterocycles. The Morgan fingerprint density at radius 1 is 1.00 bits per heavy atom. The number of ketones is 1. The van der Waals surface area contributed by atoms with Gasteiger partial charge in [-0.3, -0.25) is 9.59 Å². The standard InChI is InChI=1S/C22H26N2O7S/c1-5-30-22(27)21-16(4)24-15(3)20(21)18(25)13-31-19(26)12-23-32(28,29)11-10-17-8-6-14(2)7-9-17/h6-11,23-24H,5,12-13H2,1-4H3. The number of benzene rings is 1. The van der Waals surface area contributed by atoms with Gasteiger partial charge in [-0.05, 0) is 39.3 Å². The summed E-state index contributed by atoms with van der Waals surface area (Å²) in [6.45, 7) is 5.64. The van der Waals surface area contributed by atoms with Crippen molar-refractivity contribution in [3.05, 3.63) is 63.3 Å². The predicted molar refractivity (Wildman–Crippen MR) is 119 cm³/mol. The van der Waals surface area contributed by atoms with Crippen LogP contribution in [-0.2, 0) is 24.3 Å². The van der Waals surface area contributed by atoms with Crippen molar-refractivity contribution in [1.82, 2.24) is 9.71 Å². The molecule has 0 saturated heterocycles. The summed E-state index contributed by atoms with van der Waals surface area (Å²) in [7, 11) is -3.89. The summed E-state index contributed by atoms with van der Waals surface area (Å²) in [5, 5.41) is 0.938. The Hall–Kier alpha value is -3.24. The van der Waals surface area contributed by atoms with Gasteiger partial charge in [-0.15, -0.1) is 0 Å². The van der Waals surface area contributed by atoms with E-state index in [1.165, 1.54) is 6.08 Å². The number of sulfonamides is 1. The van der Waals surface area contributed by atoms with E-state index in [1.54, 1.807) is 32.9 Å². The highest BCUT2D eigenvalue weighted by Crippen LogP contribution is 2.20. The van der Waals surface area contributed by atoms with Crippen LogP contribution in [0, 0.1) is 20.8 Å². The number of aromatic nitrogens is 1. The SMILES string of the molecule is CCOC(=O)c1c(C)[nH]c(C)c1C(=O)COC(=O)CNS(=O)(=O)C=Cc1ccc(C)cc1. The maximum Gasteiger partial charge on any atom is 0.340 e. The van der Waals surface area contributed by atoms with Crippen LogP contribution in [-0.4, -0.2) is 50.9 Å². The first-order chi connectivity index (χ1) is 15.0. The van der Waals surface area contributed by atoms with Gasteiger partial charge in [-0.25, -0.2) is 17.9 Å². The average molecular weight is 463 g/mol. The maximum absolute atomic E-state index is 12.5. The molecule has 2 aromatic rings. The highest BCUT2D eigenvalue weighted by Gasteiger charge is 2.26. The zero-order chi connectivity index (χ0) is 23.9. The normalized spacial score (nSPS) is 11.5. The van der Waals surface area contributed by atoms with E-state index < -0.39 is 40.9 Å². The second-order valence-electron chi connectivity index (χ2n) is 7.01. The van der Waals surface area contributed by atoms with Crippen LogP contribution < -0.4 is 4.72 Å². The first kappa shape index (κ1) is 25.0. The number of carbonyl (C=O) groups excluding carboxylic acids is 3. The molecule has 0 amide bonds. The van der Waals surface area contributed by atoms with E-state index in [9.17, 15) is 22.8 Å². The highest BCUT2D eigenvalue weighted by molar-refractivity contribution is 7.92. The molecule has 0 radical (unpaired) electrons. The lowest BCUT2D eigenvalue weighted by atomic mass is 10.1. The second-order valence-corrected chi connectivity index (χ2v) is 8.66. The molecule has 0 aliphatic rings. The van der Waals surface area contributed by atoms with Gasteiger partial charge < -0.3 is 14.5 Å². The summed E-state index contributed by atoms with van der Waals surface area (Å²) in [6.07, 6.45) is 1.39. The molecule has 1 aromatic carbocycles. The van der Waals surface area contributed by atoms with Gasteiger partial charge in [0.15, 0.2) is 6.61 Å². The van der Waals surface area contributed by atoms with Gasteiger partial charge in [0.25, 0.3) is 0 Å². The van der Waals surface area contributed by atoms with Crippen LogP contribution in [0.15, 0.2) is 29.7 Å². The number of Topliss-reactive ketones (excluding diaryl/α,β-unsaturated/α-hetero) is 1. The van der Waals surface area contributed by atoms with E-state index in [-0.39, 0.29) is 17.7 Å². The van der Waals surface area contributed by atoms with Gasteiger partial charge in [0.05, 0.1) is 17.7 Å². The van der Waals surface area contributed by atoms with Crippen LogP contribution in [0.2, 0.25) is 0 Å². The van der Waals surface area contributed by atoms with E-state index in [0.29, 0.717) is 17.0 Å². The Morgan fingerprint density at radius 2 is 1.62 bits per heavy atom. The molecular weight excluding hydrogens is 436 g/mol. The summed E-state index contributed by atoms with van der Waals surface area (Å²) in [5.74, 6) is -2.20. The number of esters is 2. The zero-order valence-corrected chi connectivity index (χ0v) is 19.2. The van der Waals surface area contributed by atoms with Crippen molar-refractivity contribution in [3.63, 3.8) is 0 Å². The minimum atomic E-state index is -3.89. The molecule has 2 N–H and O–H groups in total. The molecular formula is C22H26N2O7S. The number of aryl methyl sites for hydroxylation is 3. The predicted octanol–water partition coefficient (Wildman–Crippen LogP) is 2.43. The Balaban J connectivity index is 1.94. The number of carbonyl (C=O) groups is 3. The first-order valence-electron chi connectivity index (χ1n) is 9.83. The zero-order valence-electron chi connectivity index (χ0n) is 18.4. The lowest BCUT2D eigenvalue weighted by Crippen LogP contribution is -2.30. The molecule has 0 saturated carbocycles. The smallest absolute Gasteiger partial charge is 0.340 e. The van der Waals surface area contributed by atoms with Crippen LogP contribution >= 0.6 is 0 Å². The minimum Gasteiger partial charge on any atom is -0.462 e. The molecule has 1 aromatic heterocycles.